The molecule has 0 aromatic heterocycles. The van der Waals surface area contributed by atoms with Crippen LogP contribution in [0.4, 0.5) is 18.0 Å². The van der Waals surface area contributed by atoms with Gasteiger partial charge >= 0.3 is 12.5 Å². The average molecular weight is 487 g/mol. The normalized spacial score (nSPS) is 28.4. The molecule has 3 saturated heterocycles. The Kier molecular flexibility index (Phi) is 5.29. The Morgan fingerprint density at radius 3 is 2.43 bits per heavy atom. The van der Waals surface area contributed by atoms with Crippen LogP contribution in [0, 0.1) is 11.3 Å². The van der Waals surface area contributed by atoms with Gasteiger partial charge in [0.2, 0.25) is 0 Å². The Balaban J connectivity index is 1.40. The zero-order chi connectivity index (χ0) is 24.4. The summed E-state index contributed by atoms with van der Waals surface area (Å²) >= 11 is 0. The molecule has 1 spiro atoms. The van der Waals surface area contributed by atoms with E-state index >= 15 is 0 Å². The molecule has 2 bridgehead atoms. The number of hydrogen-bond acceptors (Lipinski definition) is 3. The largest absolute Gasteiger partial charge is 0.573 e. The van der Waals surface area contributed by atoms with E-state index in [0.717, 1.165) is 74.8 Å². The van der Waals surface area contributed by atoms with E-state index in [1.807, 2.05) is 18.2 Å². The summed E-state index contributed by atoms with van der Waals surface area (Å²) in [6.07, 6.45) is 0.359. The Labute approximate surface area is 202 Å². The smallest absolute Gasteiger partial charge is 0.465 e. The number of rotatable bonds is 4. The fraction of sp³-hybridized carbons (Fsp3) is 0.519. The Morgan fingerprint density at radius 2 is 1.80 bits per heavy atom. The zero-order valence-electron chi connectivity index (χ0n) is 19.4. The van der Waals surface area contributed by atoms with Gasteiger partial charge in [0.15, 0.2) is 0 Å². The first-order valence-electron chi connectivity index (χ1n) is 12.5. The number of carboxylic acid groups (broad SMARTS) is 1. The molecule has 35 heavy (non-hydrogen) atoms. The SMILES string of the molecule is O=C(O)N(C1c2cc(-c3cccc(OC(F)(F)F)c3)ccc2CCC12CC2)[C@@H]1CN2CCC1CC2. The highest BCUT2D eigenvalue weighted by atomic mass is 19.4. The second kappa shape index (κ2) is 8.15. The molecule has 1 amide bonds. The van der Waals surface area contributed by atoms with Crippen molar-refractivity contribution in [2.24, 2.45) is 11.3 Å². The number of nitrogens with zero attached hydrogens (tertiary/aromatic N) is 2. The van der Waals surface area contributed by atoms with Crippen LogP contribution in [0.3, 0.4) is 0 Å². The van der Waals surface area contributed by atoms with Gasteiger partial charge in [-0.05, 0) is 103 Å². The quantitative estimate of drug-likeness (QED) is 0.568. The number of hydrogen-bond donors (Lipinski definition) is 1. The zero-order valence-corrected chi connectivity index (χ0v) is 19.4. The van der Waals surface area contributed by atoms with Gasteiger partial charge in [0, 0.05) is 6.54 Å². The number of amides is 1. The fourth-order valence-electron chi connectivity index (χ4n) is 6.80. The summed E-state index contributed by atoms with van der Waals surface area (Å²) in [7, 11) is 0. The van der Waals surface area contributed by atoms with Crippen molar-refractivity contribution in [3.05, 3.63) is 53.6 Å². The van der Waals surface area contributed by atoms with E-state index in [9.17, 15) is 23.1 Å². The first-order chi connectivity index (χ1) is 16.7. The molecule has 2 aromatic rings. The predicted molar refractivity (Wildman–Crippen MR) is 124 cm³/mol. The summed E-state index contributed by atoms with van der Waals surface area (Å²) < 4.78 is 42.4. The molecule has 186 valence electrons. The van der Waals surface area contributed by atoms with Crippen molar-refractivity contribution in [1.82, 2.24) is 9.80 Å². The molecule has 3 heterocycles. The number of alkyl halides is 3. The third-order valence-electron chi connectivity index (χ3n) is 8.68. The first kappa shape index (κ1) is 22.7. The number of benzene rings is 2. The molecule has 1 saturated carbocycles. The molecule has 0 radical (unpaired) electrons. The van der Waals surface area contributed by atoms with E-state index in [0.29, 0.717) is 11.5 Å². The lowest BCUT2D eigenvalue weighted by Crippen LogP contribution is -2.60. The van der Waals surface area contributed by atoms with Gasteiger partial charge in [-0.2, -0.15) is 0 Å². The van der Waals surface area contributed by atoms with E-state index < -0.39 is 12.5 Å². The third kappa shape index (κ3) is 4.15. The number of carbonyl (C=O) groups is 1. The standard InChI is InChI=1S/C27H29F3N2O3/c28-27(29,30)35-21-3-1-2-19(14-21)20-5-4-17-6-9-26(10-11-26)24(22(17)15-20)32(25(33)34)23-16-31-12-7-18(23)8-13-31/h1-5,14-15,18,23-24H,6-13,16H2,(H,33,34)/t23-,24?/m1/s1. The van der Waals surface area contributed by atoms with Crippen LogP contribution in [0.5, 0.6) is 5.75 Å². The molecule has 2 aliphatic carbocycles. The summed E-state index contributed by atoms with van der Waals surface area (Å²) in [6.45, 7) is 2.87. The van der Waals surface area contributed by atoms with Crippen molar-refractivity contribution in [2.75, 3.05) is 19.6 Å². The molecule has 2 aromatic carbocycles. The van der Waals surface area contributed by atoms with Gasteiger partial charge in [-0.25, -0.2) is 4.79 Å². The molecule has 3 aliphatic heterocycles. The van der Waals surface area contributed by atoms with E-state index in [2.05, 4.69) is 9.64 Å². The molecule has 5 aliphatic rings. The molecule has 1 unspecified atom stereocenters. The molecular weight excluding hydrogens is 457 g/mol. The van der Waals surface area contributed by atoms with Crippen molar-refractivity contribution in [1.29, 1.82) is 0 Å². The molecule has 7 rings (SSSR count). The highest BCUT2D eigenvalue weighted by molar-refractivity contribution is 5.70. The molecule has 1 N–H and O–H groups in total. The van der Waals surface area contributed by atoms with Gasteiger partial charge in [-0.3, -0.25) is 4.90 Å². The minimum Gasteiger partial charge on any atom is -0.465 e. The molecule has 4 fully saturated rings. The predicted octanol–water partition coefficient (Wildman–Crippen LogP) is 6.09. The maximum atomic E-state index is 12.8. The van der Waals surface area contributed by atoms with Crippen LogP contribution in [0.2, 0.25) is 0 Å². The van der Waals surface area contributed by atoms with Gasteiger partial charge in [-0.1, -0.05) is 24.3 Å². The summed E-state index contributed by atoms with van der Waals surface area (Å²) in [6, 6.07) is 11.7. The lowest BCUT2D eigenvalue weighted by atomic mass is 9.73. The van der Waals surface area contributed by atoms with Crippen LogP contribution in [-0.2, 0) is 6.42 Å². The first-order valence-corrected chi connectivity index (χ1v) is 12.5. The third-order valence-corrected chi connectivity index (χ3v) is 8.68. The summed E-state index contributed by atoms with van der Waals surface area (Å²) in [5.74, 6) is 0.124. The lowest BCUT2D eigenvalue weighted by Gasteiger charge is -2.52. The maximum Gasteiger partial charge on any atom is 0.573 e. The van der Waals surface area contributed by atoms with Crippen molar-refractivity contribution >= 4 is 6.09 Å². The van der Waals surface area contributed by atoms with E-state index in [1.165, 1.54) is 12.1 Å². The van der Waals surface area contributed by atoms with Gasteiger partial charge < -0.3 is 14.7 Å². The van der Waals surface area contributed by atoms with Crippen LogP contribution in [0.15, 0.2) is 42.5 Å². The van der Waals surface area contributed by atoms with Crippen molar-refractivity contribution < 1.29 is 27.8 Å². The monoisotopic (exact) mass is 486 g/mol. The number of aryl methyl sites for hydroxylation is 1. The van der Waals surface area contributed by atoms with E-state index in [-0.39, 0.29) is 23.2 Å². The van der Waals surface area contributed by atoms with Crippen LogP contribution in [0.25, 0.3) is 11.1 Å². The van der Waals surface area contributed by atoms with Crippen molar-refractivity contribution in [3.63, 3.8) is 0 Å². The topological polar surface area (TPSA) is 53.0 Å². The van der Waals surface area contributed by atoms with E-state index in [1.54, 1.807) is 17.0 Å². The average Bonchev–Trinajstić information content (AvgIpc) is 3.60. The number of ether oxygens (including phenoxy) is 1. The molecule has 8 heteroatoms. The fourth-order valence-corrected chi connectivity index (χ4v) is 6.80. The summed E-state index contributed by atoms with van der Waals surface area (Å²) in [4.78, 5) is 17.0. The highest BCUT2D eigenvalue weighted by Gasteiger charge is 2.57. The number of halogens is 3. The Morgan fingerprint density at radius 1 is 1.06 bits per heavy atom. The Hall–Kier alpha value is -2.74. The van der Waals surface area contributed by atoms with Gasteiger partial charge in [-0.15, -0.1) is 13.2 Å². The Bertz CT molecular complexity index is 1140. The lowest BCUT2D eigenvalue weighted by molar-refractivity contribution is -0.274. The molecule has 5 nitrogen and oxygen atoms in total. The summed E-state index contributed by atoms with van der Waals surface area (Å²) in [5, 5.41) is 10.5. The number of fused-ring (bicyclic) bond motifs is 4. The second-order valence-electron chi connectivity index (χ2n) is 10.6. The molecule has 2 atom stereocenters. The van der Waals surface area contributed by atoms with Crippen LogP contribution < -0.4 is 4.74 Å². The maximum absolute atomic E-state index is 12.8. The minimum absolute atomic E-state index is 0.0180. The van der Waals surface area contributed by atoms with Gasteiger partial charge in [0.05, 0.1) is 12.1 Å². The van der Waals surface area contributed by atoms with Crippen LogP contribution in [0.1, 0.15) is 49.3 Å². The van der Waals surface area contributed by atoms with Crippen molar-refractivity contribution in [2.45, 2.75) is 57.0 Å². The van der Waals surface area contributed by atoms with Crippen molar-refractivity contribution in [3.8, 4) is 16.9 Å². The number of piperidine rings is 3. The highest BCUT2D eigenvalue weighted by Crippen LogP contribution is 2.64. The minimum atomic E-state index is -4.75. The molecular formula is C27H29F3N2O3. The van der Waals surface area contributed by atoms with Gasteiger partial charge in [0.1, 0.15) is 5.75 Å². The summed E-state index contributed by atoms with van der Waals surface area (Å²) in [5.41, 5.74) is 3.53. The van der Waals surface area contributed by atoms with Gasteiger partial charge in [0.25, 0.3) is 0 Å². The second-order valence-corrected chi connectivity index (χ2v) is 10.6. The van der Waals surface area contributed by atoms with Crippen LogP contribution in [-0.4, -0.2) is 53.0 Å². The van der Waals surface area contributed by atoms with Crippen LogP contribution >= 0.6 is 0 Å². The van der Waals surface area contributed by atoms with E-state index in [4.69, 9.17) is 0 Å².